The Hall–Kier alpha value is -1.98. The van der Waals surface area contributed by atoms with Gasteiger partial charge in [-0.25, -0.2) is 4.98 Å². The molecule has 0 aliphatic carbocycles. The molecule has 0 spiro atoms. The van der Waals surface area contributed by atoms with Crippen molar-refractivity contribution in [3.05, 3.63) is 35.3 Å². The predicted molar refractivity (Wildman–Crippen MR) is 87.2 cm³/mol. The van der Waals surface area contributed by atoms with Crippen molar-refractivity contribution in [1.82, 2.24) is 14.5 Å². The van der Waals surface area contributed by atoms with Gasteiger partial charge in [-0.15, -0.1) is 0 Å². The third kappa shape index (κ3) is 2.36. The molecule has 5 nitrogen and oxygen atoms in total. The van der Waals surface area contributed by atoms with Crippen LogP contribution in [0.2, 0.25) is 0 Å². The number of aliphatic hydroxyl groups is 1. The Morgan fingerprint density at radius 2 is 2.00 bits per heavy atom. The molecule has 0 radical (unpaired) electrons. The number of pyridine rings is 1. The van der Waals surface area contributed by atoms with E-state index in [1.165, 1.54) is 0 Å². The lowest BCUT2D eigenvalue weighted by Gasteiger charge is -2.10. The van der Waals surface area contributed by atoms with Crippen LogP contribution in [0.5, 0.6) is 0 Å². The average Bonchev–Trinajstić information content (AvgIpc) is 2.87. The Morgan fingerprint density at radius 1 is 1.18 bits per heavy atom. The van der Waals surface area contributed by atoms with Crippen LogP contribution in [0.1, 0.15) is 17.1 Å². The molecule has 0 amide bonds. The van der Waals surface area contributed by atoms with Crippen molar-refractivity contribution in [3.8, 4) is 0 Å². The normalized spacial score (nSPS) is 11.6. The van der Waals surface area contributed by atoms with E-state index in [2.05, 4.69) is 23.6 Å². The number of benzene rings is 1. The summed E-state index contributed by atoms with van der Waals surface area (Å²) in [4.78, 5) is 9.49. The highest BCUT2D eigenvalue weighted by Crippen LogP contribution is 2.29. The maximum absolute atomic E-state index is 9.45. The molecular formula is C17H21N3O2. The van der Waals surface area contributed by atoms with Crippen LogP contribution in [0.25, 0.3) is 21.9 Å². The number of methoxy groups -OCH3 is 1. The molecule has 1 aromatic carbocycles. The summed E-state index contributed by atoms with van der Waals surface area (Å²) < 4.78 is 7.28. The van der Waals surface area contributed by atoms with E-state index in [-0.39, 0.29) is 6.61 Å². The summed E-state index contributed by atoms with van der Waals surface area (Å²) in [6.45, 7) is 5.28. The van der Waals surface area contributed by atoms with Crippen molar-refractivity contribution in [2.45, 2.75) is 26.8 Å². The molecule has 0 aliphatic rings. The molecule has 2 heterocycles. The summed E-state index contributed by atoms with van der Waals surface area (Å²) >= 11 is 0. The van der Waals surface area contributed by atoms with Crippen molar-refractivity contribution >= 4 is 21.9 Å². The van der Waals surface area contributed by atoms with Crippen LogP contribution in [0.3, 0.4) is 0 Å². The first kappa shape index (κ1) is 14.9. The number of rotatable bonds is 5. The molecule has 0 aliphatic heterocycles. The molecule has 22 heavy (non-hydrogen) atoms. The van der Waals surface area contributed by atoms with Crippen molar-refractivity contribution in [3.63, 3.8) is 0 Å². The molecule has 0 fully saturated rings. The van der Waals surface area contributed by atoms with E-state index < -0.39 is 0 Å². The van der Waals surface area contributed by atoms with E-state index in [0.29, 0.717) is 13.2 Å². The minimum Gasteiger partial charge on any atom is -0.395 e. The number of ether oxygens (including phenoxy) is 1. The predicted octanol–water partition coefficient (Wildman–Crippen LogP) is 2.38. The number of nitrogens with zero attached hydrogens (tertiary/aromatic N) is 3. The fourth-order valence-electron chi connectivity index (χ4n) is 2.97. The van der Waals surface area contributed by atoms with Crippen LogP contribution >= 0.6 is 0 Å². The second-order valence-corrected chi connectivity index (χ2v) is 5.51. The second-order valence-electron chi connectivity index (χ2n) is 5.51. The Balaban J connectivity index is 2.36. The number of aryl methyl sites for hydroxylation is 2. The average molecular weight is 299 g/mol. The summed E-state index contributed by atoms with van der Waals surface area (Å²) in [6, 6.07) is 6.19. The smallest absolute Gasteiger partial charge is 0.112 e. The molecule has 0 saturated carbocycles. The number of hydrogen-bond donors (Lipinski definition) is 1. The highest BCUT2D eigenvalue weighted by Gasteiger charge is 2.16. The van der Waals surface area contributed by atoms with Crippen LogP contribution in [0.15, 0.2) is 18.2 Å². The van der Waals surface area contributed by atoms with Gasteiger partial charge >= 0.3 is 0 Å². The van der Waals surface area contributed by atoms with Gasteiger partial charge < -0.3 is 14.4 Å². The first-order valence-electron chi connectivity index (χ1n) is 7.52. The molecule has 2 aromatic heterocycles. The summed E-state index contributed by atoms with van der Waals surface area (Å²) in [7, 11) is 1.69. The molecular weight excluding hydrogens is 278 g/mol. The van der Waals surface area contributed by atoms with Gasteiger partial charge in [-0.1, -0.05) is 18.2 Å². The summed E-state index contributed by atoms with van der Waals surface area (Å²) in [5.41, 5.74) is 5.05. The molecule has 1 N–H and O–H groups in total. The topological polar surface area (TPSA) is 60.2 Å². The number of para-hydroxylation sites is 1. The third-order valence-electron chi connectivity index (χ3n) is 4.02. The molecule has 0 bridgehead atoms. The molecule has 0 saturated heterocycles. The minimum absolute atomic E-state index is 0.0835. The highest BCUT2D eigenvalue weighted by molar-refractivity contribution is 6.04. The number of aliphatic hydroxyl groups excluding tert-OH is 1. The fraction of sp³-hybridized carbons (Fsp3) is 0.412. The van der Waals surface area contributed by atoms with Gasteiger partial charge in [0.05, 0.1) is 29.9 Å². The summed E-state index contributed by atoms with van der Waals surface area (Å²) in [5, 5.41) is 10.5. The lowest BCUT2D eigenvalue weighted by Crippen LogP contribution is -2.09. The van der Waals surface area contributed by atoms with Gasteiger partial charge in [-0.2, -0.15) is 0 Å². The van der Waals surface area contributed by atoms with Gasteiger partial charge in [0.1, 0.15) is 11.3 Å². The lowest BCUT2D eigenvalue weighted by molar-refractivity contribution is 0.198. The van der Waals surface area contributed by atoms with Crippen LogP contribution in [-0.2, 0) is 17.7 Å². The molecule has 0 atom stereocenters. The zero-order valence-electron chi connectivity index (χ0n) is 13.3. The molecule has 0 unspecified atom stereocenters. The molecule has 3 aromatic rings. The van der Waals surface area contributed by atoms with Gasteiger partial charge in [-0.05, 0) is 19.4 Å². The van der Waals surface area contributed by atoms with E-state index in [1.807, 2.05) is 13.0 Å². The van der Waals surface area contributed by atoms with Crippen LogP contribution < -0.4 is 0 Å². The Labute approximate surface area is 129 Å². The van der Waals surface area contributed by atoms with Crippen molar-refractivity contribution in [1.29, 1.82) is 0 Å². The Kier molecular flexibility index (Phi) is 4.09. The molecule has 5 heteroatoms. The SMILES string of the molecule is COCCc1nc2c(C)nc3c(C)cccc3c2n1CCO. The maximum atomic E-state index is 9.45. The van der Waals surface area contributed by atoms with Crippen LogP contribution in [0, 0.1) is 13.8 Å². The fourth-order valence-corrected chi connectivity index (χ4v) is 2.97. The third-order valence-corrected chi connectivity index (χ3v) is 4.02. The van der Waals surface area contributed by atoms with E-state index in [0.717, 1.165) is 45.4 Å². The zero-order chi connectivity index (χ0) is 15.7. The summed E-state index contributed by atoms with van der Waals surface area (Å²) in [6.07, 6.45) is 0.720. The standard InChI is InChI=1S/C17H21N3O2/c1-11-5-4-6-13-15(11)18-12(2)16-17(13)20(8-9-21)14(19-16)7-10-22-3/h4-6,21H,7-10H2,1-3H3. The zero-order valence-corrected chi connectivity index (χ0v) is 13.3. The summed E-state index contributed by atoms with van der Waals surface area (Å²) in [5.74, 6) is 0.935. The number of hydrogen-bond acceptors (Lipinski definition) is 4. The maximum Gasteiger partial charge on any atom is 0.112 e. The van der Waals surface area contributed by atoms with Crippen molar-refractivity contribution < 1.29 is 9.84 Å². The van der Waals surface area contributed by atoms with E-state index in [9.17, 15) is 5.11 Å². The minimum atomic E-state index is 0.0835. The van der Waals surface area contributed by atoms with Crippen molar-refractivity contribution in [2.24, 2.45) is 0 Å². The lowest BCUT2D eigenvalue weighted by atomic mass is 10.1. The van der Waals surface area contributed by atoms with Gasteiger partial charge in [-0.3, -0.25) is 4.98 Å². The Morgan fingerprint density at radius 3 is 2.73 bits per heavy atom. The monoisotopic (exact) mass is 299 g/mol. The van der Waals surface area contributed by atoms with Crippen molar-refractivity contribution in [2.75, 3.05) is 20.3 Å². The quantitative estimate of drug-likeness (QED) is 0.786. The molecule has 116 valence electrons. The number of fused-ring (bicyclic) bond motifs is 3. The van der Waals surface area contributed by atoms with Gasteiger partial charge in [0.2, 0.25) is 0 Å². The van der Waals surface area contributed by atoms with E-state index in [4.69, 9.17) is 14.7 Å². The van der Waals surface area contributed by atoms with E-state index >= 15 is 0 Å². The first-order valence-corrected chi connectivity index (χ1v) is 7.52. The molecule has 3 rings (SSSR count). The van der Waals surface area contributed by atoms with E-state index in [1.54, 1.807) is 7.11 Å². The number of aromatic nitrogens is 3. The van der Waals surface area contributed by atoms with Crippen LogP contribution in [0.4, 0.5) is 0 Å². The van der Waals surface area contributed by atoms with Gasteiger partial charge in [0.25, 0.3) is 0 Å². The highest BCUT2D eigenvalue weighted by atomic mass is 16.5. The second kappa shape index (κ2) is 6.02. The largest absolute Gasteiger partial charge is 0.395 e. The first-order chi connectivity index (χ1) is 10.7. The van der Waals surface area contributed by atoms with Crippen LogP contribution in [-0.4, -0.2) is 40.0 Å². The number of imidazole rings is 1. The van der Waals surface area contributed by atoms with Gasteiger partial charge in [0, 0.05) is 25.5 Å². The Bertz CT molecular complexity index is 824. The van der Waals surface area contributed by atoms with Gasteiger partial charge in [0.15, 0.2) is 0 Å².